The van der Waals surface area contributed by atoms with Crippen molar-refractivity contribution in [3.05, 3.63) is 35.9 Å². The fourth-order valence-electron chi connectivity index (χ4n) is 3.52. The second-order valence-electron chi connectivity index (χ2n) is 6.99. The van der Waals surface area contributed by atoms with E-state index in [0.29, 0.717) is 13.1 Å². The van der Waals surface area contributed by atoms with Crippen LogP contribution < -0.4 is 10.6 Å². The van der Waals surface area contributed by atoms with Crippen LogP contribution in [0.15, 0.2) is 30.3 Å². The minimum absolute atomic E-state index is 0.00573. The average Bonchev–Trinajstić information content (AvgIpc) is 2.61. The molecule has 2 saturated heterocycles. The summed E-state index contributed by atoms with van der Waals surface area (Å²) >= 11 is 0. The maximum Gasteiger partial charge on any atom is 0.250 e. The van der Waals surface area contributed by atoms with Crippen LogP contribution in [-0.4, -0.2) is 55.1 Å². The Morgan fingerprint density at radius 2 is 2.12 bits per heavy atom. The number of hydrogen-bond acceptors (Lipinski definition) is 4. The molecule has 6 nitrogen and oxygen atoms in total. The highest BCUT2D eigenvalue weighted by atomic mass is 16.5. The lowest BCUT2D eigenvalue weighted by atomic mass is 9.98. The molecule has 6 heteroatoms. The second kappa shape index (κ2) is 8.45. The molecule has 2 amide bonds. The number of ether oxygens (including phenoxy) is 1. The lowest BCUT2D eigenvalue weighted by Crippen LogP contribution is -2.53. The van der Waals surface area contributed by atoms with Crippen LogP contribution in [0.5, 0.6) is 0 Å². The highest BCUT2D eigenvalue weighted by Crippen LogP contribution is 2.15. The van der Waals surface area contributed by atoms with Crippen LogP contribution in [-0.2, 0) is 20.9 Å². The smallest absolute Gasteiger partial charge is 0.250 e. The molecule has 2 aliphatic heterocycles. The topological polar surface area (TPSA) is 70.7 Å². The van der Waals surface area contributed by atoms with Gasteiger partial charge in [-0.3, -0.25) is 14.5 Å². The summed E-state index contributed by atoms with van der Waals surface area (Å²) in [7, 11) is 0. The number of carbonyl (C=O) groups excluding carboxylic acids is 2. The zero-order valence-electron chi connectivity index (χ0n) is 14.7. The van der Waals surface area contributed by atoms with Crippen molar-refractivity contribution in [3.63, 3.8) is 0 Å². The van der Waals surface area contributed by atoms with Crippen molar-refractivity contribution in [2.24, 2.45) is 5.92 Å². The number of hydrogen-bond donors (Lipinski definition) is 2. The number of piperidine rings is 1. The van der Waals surface area contributed by atoms with Crippen molar-refractivity contribution < 1.29 is 14.3 Å². The number of rotatable bonds is 5. The lowest BCUT2D eigenvalue weighted by molar-refractivity contribution is -0.146. The van der Waals surface area contributed by atoms with Gasteiger partial charge in [0.25, 0.3) is 5.91 Å². The van der Waals surface area contributed by atoms with Gasteiger partial charge in [-0.1, -0.05) is 30.3 Å². The standard InChI is InChI=1S/C19H27N3O3/c1-14-11-22(12-15-6-3-2-4-7-15)13-17(25-14)19(24)21-10-16-8-5-9-20-18(16)23/h2-4,6-7,14,16-17H,5,8-13H2,1H3,(H,20,23)(H,21,24)/t14-,16?,17-/m1/s1. The maximum absolute atomic E-state index is 12.5. The van der Waals surface area contributed by atoms with Gasteiger partial charge in [0.1, 0.15) is 6.10 Å². The van der Waals surface area contributed by atoms with E-state index < -0.39 is 6.10 Å². The first kappa shape index (κ1) is 17.9. The molecule has 2 N–H and O–H groups in total. The number of carbonyl (C=O) groups is 2. The van der Waals surface area contributed by atoms with Gasteiger partial charge in [0.15, 0.2) is 0 Å². The number of nitrogens with zero attached hydrogens (tertiary/aromatic N) is 1. The average molecular weight is 345 g/mol. The molecule has 0 aliphatic carbocycles. The van der Waals surface area contributed by atoms with Gasteiger partial charge in [0, 0.05) is 32.7 Å². The second-order valence-corrected chi connectivity index (χ2v) is 6.99. The molecule has 0 aromatic heterocycles. The summed E-state index contributed by atoms with van der Waals surface area (Å²) in [5.41, 5.74) is 1.23. The Morgan fingerprint density at radius 3 is 2.88 bits per heavy atom. The minimum Gasteiger partial charge on any atom is -0.363 e. The number of amides is 2. The quantitative estimate of drug-likeness (QED) is 0.832. The molecule has 3 rings (SSSR count). The largest absolute Gasteiger partial charge is 0.363 e. The summed E-state index contributed by atoms with van der Waals surface area (Å²) in [6.45, 7) is 5.31. The molecular weight excluding hydrogens is 318 g/mol. The monoisotopic (exact) mass is 345 g/mol. The lowest BCUT2D eigenvalue weighted by Gasteiger charge is -2.36. The SMILES string of the molecule is C[C@@H]1CN(Cc2ccccc2)C[C@H](C(=O)NCC2CCCNC2=O)O1. The Morgan fingerprint density at radius 1 is 1.32 bits per heavy atom. The molecule has 0 bridgehead atoms. The number of nitrogens with one attached hydrogen (secondary N) is 2. The van der Waals surface area contributed by atoms with Crippen LogP contribution in [0.4, 0.5) is 0 Å². The van der Waals surface area contributed by atoms with Gasteiger partial charge >= 0.3 is 0 Å². The molecule has 1 aromatic rings. The van der Waals surface area contributed by atoms with Gasteiger partial charge in [0.2, 0.25) is 5.91 Å². The van der Waals surface area contributed by atoms with Crippen molar-refractivity contribution in [2.75, 3.05) is 26.2 Å². The molecule has 0 radical (unpaired) electrons. The molecular formula is C19H27N3O3. The molecule has 136 valence electrons. The van der Waals surface area contributed by atoms with Crippen molar-refractivity contribution in [1.82, 2.24) is 15.5 Å². The summed E-state index contributed by atoms with van der Waals surface area (Å²) in [6, 6.07) is 10.2. The summed E-state index contributed by atoms with van der Waals surface area (Å²) in [5.74, 6) is -0.211. The van der Waals surface area contributed by atoms with Gasteiger partial charge in [-0.05, 0) is 25.3 Å². The summed E-state index contributed by atoms with van der Waals surface area (Å²) in [6.07, 6.45) is 1.31. The Hall–Kier alpha value is -1.92. The predicted molar refractivity (Wildman–Crippen MR) is 94.8 cm³/mol. The minimum atomic E-state index is -0.487. The number of benzene rings is 1. The molecule has 25 heavy (non-hydrogen) atoms. The molecule has 0 saturated carbocycles. The normalized spacial score (nSPS) is 27.6. The van der Waals surface area contributed by atoms with Crippen LogP contribution in [0, 0.1) is 5.92 Å². The number of morpholine rings is 1. The third-order valence-corrected chi connectivity index (χ3v) is 4.80. The molecule has 1 aromatic carbocycles. The Kier molecular flexibility index (Phi) is 6.04. The third-order valence-electron chi connectivity index (χ3n) is 4.80. The fraction of sp³-hybridized carbons (Fsp3) is 0.579. The van der Waals surface area contributed by atoms with E-state index in [0.717, 1.165) is 32.5 Å². The van der Waals surface area contributed by atoms with E-state index in [4.69, 9.17) is 4.74 Å². The Balaban J connectivity index is 1.51. The molecule has 0 spiro atoms. The summed E-state index contributed by atoms with van der Waals surface area (Å²) in [5, 5.41) is 5.75. The first-order valence-corrected chi connectivity index (χ1v) is 9.09. The zero-order chi connectivity index (χ0) is 17.6. The van der Waals surface area contributed by atoms with Gasteiger partial charge in [-0.15, -0.1) is 0 Å². The van der Waals surface area contributed by atoms with Crippen LogP contribution in [0.2, 0.25) is 0 Å². The van der Waals surface area contributed by atoms with E-state index in [-0.39, 0.29) is 23.8 Å². The maximum atomic E-state index is 12.5. The van der Waals surface area contributed by atoms with Crippen molar-refractivity contribution >= 4 is 11.8 Å². The first-order valence-electron chi connectivity index (χ1n) is 9.09. The van der Waals surface area contributed by atoms with E-state index in [1.165, 1.54) is 5.56 Å². The van der Waals surface area contributed by atoms with Crippen LogP contribution >= 0.6 is 0 Å². The van der Waals surface area contributed by atoms with Gasteiger partial charge < -0.3 is 15.4 Å². The van der Waals surface area contributed by atoms with Gasteiger partial charge in [-0.25, -0.2) is 0 Å². The molecule has 1 unspecified atom stereocenters. The highest BCUT2D eigenvalue weighted by Gasteiger charge is 2.31. The van der Waals surface area contributed by atoms with Crippen LogP contribution in [0.25, 0.3) is 0 Å². The predicted octanol–water partition coefficient (Wildman–Crippen LogP) is 0.918. The molecule has 2 aliphatic rings. The van der Waals surface area contributed by atoms with Crippen LogP contribution in [0.1, 0.15) is 25.3 Å². The van der Waals surface area contributed by atoms with E-state index in [9.17, 15) is 9.59 Å². The Bertz CT molecular complexity index is 593. The summed E-state index contributed by atoms with van der Waals surface area (Å²) < 4.78 is 5.83. The molecule has 2 heterocycles. The fourth-order valence-corrected chi connectivity index (χ4v) is 3.52. The zero-order valence-corrected chi connectivity index (χ0v) is 14.7. The highest BCUT2D eigenvalue weighted by molar-refractivity contribution is 5.83. The van der Waals surface area contributed by atoms with Crippen molar-refractivity contribution in [3.8, 4) is 0 Å². The molecule has 2 fully saturated rings. The molecule has 3 atom stereocenters. The van der Waals surface area contributed by atoms with Crippen molar-refractivity contribution in [1.29, 1.82) is 0 Å². The summed E-state index contributed by atoms with van der Waals surface area (Å²) in [4.78, 5) is 26.5. The van der Waals surface area contributed by atoms with E-state index >= 15 is 0 Å². The van der Waals surface area contributed by atoms with Crippen LogP contribution in [0.3, 0.4) is 0 Å². The Labute approximate surface area is 148 Å². The first-order chi connectivity index (χ1) is 12.1. The van der Waals surface area contributed by atoms with E-state index in [1.807, 2.05) is 25.1 Å². The van der Waals surface area contributed by atoms with E-state index in [2.05, 4.69) is 27.7 Å². The van der Waals surface area contributed by atoms with E-state index in [1.54, 1.807) is 0 Å². The van der Waals surface area contributed by atoms with Gasteiger partial charge in [0.05, 0.1) is 12.0 Å². The van der Waals surface area contributed by atoms with Crippen molar-refractivity contribution in [2.45, 2.75) is 38.5 Å². The van der Waals surface area contributed by atoms with Gasteiger partial charge in [-0.2, -0.15) is 0 Å². The third kappa shape index (κ3) is 5.03.